The molecule has 0 amide bonds. The molecule has 1 aromatic heterocycles. The van der Waals surface area contributed by atoms with E-state index in [9.17, 15) is 9.59 Å². The Morgan fingerprint density at radius 2 is 1.65 bits per heavy atom. The van der Waals surface area contributed by atoms with Crippen molar-refractivity contribution >= 4 is 22.8 Å². The van der Waals surface area contributed by atoms with Crippen molar-refractivity contribution in [3.05, 3.63) is 95.2 Å². The van der Waals surface area contributed by atoms with E-state index in [-0.39, 0.29) is 0 Å². The first-order chi connectivity index (χ1) is 17.8. The van der Waals surface area contributed by atoms with Gasteiger partial charge >= 0.3 is 11.9 Å². The quantitative estimate of drug-likeness (QED) is 0.261. The number of hydrogen-bond donors (Lipinski definition) is 1. The van der Waals surface area contributed by atoms with Gasteiger partial charge in [0.2, 0.25) is 0 Å². The SMILES string of the molecule is COc1cc([C@@H](c2c[nH]c3ccccc23)C2C(=O)OC(C)(C)OC2=O)ccc1OCc1ccc(C)cc1. The summed E-state index contributed by atoms with van der Waals surface area (Å²) in [4.78, 5) is 29.6. The Kier molecular flexibility index (Phi) is 6.38. The lowest BCUT2D eigenvalue weighted by Crippen LogP contribution is -2.48. The minimum Gasteiger partial charge on any atom is -0.493 e. The van der Waals surface area contributed by atoms with Crippen LogP contribution in [-0.4, -0.2) is 29.8 Å². The molecule has 0 unspecified atom stereocenters. The van der Waals surface area contributed by atoms with Gasteiger partial charge in [-0.05, 0) is 41.8 Å². The summed E-state index contributed by atoms with van der Waals surface area (Å²) >= 11 is 0. The molecule has 190 valence electrons. The third-order valence-corrected chi connectivity index (χ3v) is 6.55. The highest BCUT2D eigenvalue weighted by Gasteiger charge is 2.48. The number of methoxy groups -OCH3 is 1. The number of carbonyl (C=O) groups excluding carboxylic acids is 2. The first kappa shape index (κ1) is 24.4. The Balaban J connectivity index is 1.54. The molecule has 1 N–H and O–H groups in total. The molecule has 5 rings (SSSR count). The lowest BCUT2D eigenvalue weighted by Gasteiger charge is -2.36. The van der Waals surface area contributed by atoms with E-state index in [2.05, 4.69) is 4.98 Å². The van der Waals surface area contributed by atoms with E-state index in [0.717, 1.165) is 22.0 Å². The second-order valence-corrected chi connectivity index (χ2v) is 9.67. The molecule has 2 heterocycles. The first-order valence-electron chi connectivity index (χ1n) is 12.1. The number of cyclic esters (lactones) is 2. The average molecular weight is 500 g/mol. The van der Waals surface area contributed by atoms with Crippen LogP contribution in [0.5, 0.6) is 11.5 Å². The highest BCUT2D eigenvalue weighted by molar-refractivity contribution is 5.99. The number of hydrogen-bond acceptors (Lipinski definition) is 6. The van der Waals surface area contributed by atoms with Crippen LogP contribution in [-0.2, 0) is 25.7 Å². The van der Waals surface area contributed by atoms with E-state index in [1.54, 1.807) is 33.1 Å². The third-order valence-electron chi connectivity index (χ3n) is 6.55. The number of aromatic nitrogens is 1. The summed E-state index contributed by atoms with van der Waals surface area (Å²) in [6.07, 6.45) is 1.82. The Labute approximate surface area is 215 Å². The zero-order valence-electron chi connectivity index (χ0n) is 21.2. The van der Waals surface area contributed by atoms with Gasteiger partial charge in [-0.2, -0.15) is 0 Å². The molecule has 0 radical (unpaired) electrons. The van der Waals surface area contributed by atoms with E-state index >= 15 is 0 Å². The summed E-state index contributed by atoms with van der Waals surface area (Å²) in [5.41, 5.74) is 4.58. The number of H-pyrrole nitrogens is 1. The van der Waals surface area contributed by atoms with Crippen LogP contribution < -0.4 is 9.47 Å². The van der Waals surface area contributed by atoms with Crippen LogP contribution in [0.15, 0.2) is 72.9 Å². The number of nitrogens with one attached hydrogen (secondary N) is 1. The van der Waals surface area contributed by atoms with Crippen LogP contribution >= 0.6 is 0 Å². The molecule has 1 atom stereocenters. The van der Waals surface area contributed by atoms with E-state index in [1.807, 2.05) is 67.7 Å². The summed E-state index contributed by atoms with van der Waals surface area (Å²) in [7, 11) is 1.56. The van der Waals surface area contributed by atoms with Gasteiger partial charge in [0.25, 0.3) is 5.79 Å². The van der Waals surface area contributed by atoms with Crippen LogP contribution in [0.2, 0.25) is 0 Å². The third kappa shape index (κ3) is 4.89. The van der Waals surface area contributed by atoms with Gasteiger partial charge in [-0.15, -0.1) is 0 Å². The summed E-state index contributed by atoms with van der Waals surface area (Å²) in [5, 5.41) is 0.900. The molecule has 7 heteroatoms. The first-order valence-corrected chi connectivity index (χ1v) is 12.1. The van der Waals surface area contributed by atoms with Crippen molar-refractivity contribution < 1.29 is 28.5 Å². The number of carbonyl (C=O) groups is 2. The largest absolute Gasteiger partial charge is 0.493 e. The minimum atomic E-state index is -1.32. The van der Waals surface area contributed by atoms with Crippen molar-refractivity contribution in [2.45, 2.75) is 39.1 Å². The molecule has 7 nitrogen and oxygen atoms in total. The maximum absolute atomic E-state index is 13.2. The molecule has 37 heavy (non-hydrogen) atoms. The number of ether oxygens (including phenoxy) is 4. The number of para-hydroxylation sites is 1. The Morgan fingerprint density at radius 1 is 0.946 bits per heavy atom. The van der Waals surface area contributed by atoms with Crippen molar-refractivity contribution in [1.29, 1.82) is 0 Å². The smallest absolute Gasteiger partial charge is 0.324 e. The van der Waals surface area contributed by atoms with Gasteiger partial charge in [0.05, 0.1) is 7.11 Å². The van der Waals surface area contributed by atoms with Gasteiger partial charge in [0.15, 0.2) is 17.4 Å². The standard InChI is InChI=1S/C30H29NO6/c1-18-9-11-19(12-10-18)17-35-24-14-13-20(15-25(24)34-4)26(22-16-31-23-8-6-5-7-21(22)23)27-28(32)36-30(2,3)37-29(27)33/h5-16,26-27,31H,17H2,1-4H3/t26-/m0/s1. The topological polar surface area (TPSA) is 86.9 Å². The lowest BCUT2D eigenvalue weighted by molar-refractivity contribution is -0.240. The second-order valence-electron chi connectivity index (χ2n) is 9.67. The van der Waals surface area contributed by atoms with Crippen LogP contribution in [0, 0.1) is 12.8 Å². The van der Waals surface area contributed by atoms with Crippen molar-refractivity contribution in [3.8, 4) is 11.5 Å². The van der Waals surface area contributed by atoms with Crippen LogP contribution in [0.3, 0.4) is 0 Å². The fraction of sp³-hybridized carbons (Fsp3) is 0.267. The van der Waals surface area contributed by atoms with Crippen LogP contribution in [0.1, 0.15) is 42.0 Å². The molecule has 1 saturated heterocycles. The maximum atomic E-state index is 13.2. The molecule has 0 saturated carbocycles. The number of esters is 2. The van der Waals surface area contributed by atoms with Gasteiger partial charge in [-0.25, -0.2) is 0 Å². The molecular weight excluding hydrogens is 470 g/mol. The molecule has 3 aromatic carbocycles. The summed E-state index contributed by atoms with van der Waals surface area (Å²) in [6.45, 7) is 5.50. The van der Waals surface area contributed by atoms with Crippen molar-refractivity contribution in [3.63, 3.8) is 0 Å². The summed E-state index contributed by atoms with van der Waals surface area (Å²) in [5.74, 6) is -3.39. The minimum absolute atomic E-state index is 0.373. The van der Waals surface area contributed by atoms with E-state index in [4.69, 9.17) is 18.9 Å². The molecule has 0 bridgehead atoms. The second kappa shape index (κ2) is 9.65. The molecule has 1 aliphatic rings. The van der Waals surface area contributed by atoms with E-state index < -0.39 is 29.6 Å². The van der Waals surface area contributed by atoms with Gasteiger partial charge < -0.3 is 23.9 Å². The van der Waals surface area contributed by atoms with E-state index in [0.29, 0.717) is 23.7 Å². The van der Waals surface area contributed by atoms with Gasteiger partial charge in [0, 0.05) is 36.9 Å². The van der Waals surface area contributed by atoms with Crippen molar-refractivity contribution in [2.24, 2.45) is 5.92 Å². The van der Waals surface area contributed by atoms with Gasteiger partial charge in [0.1, 0.15) is 6.61 Å². The van der Waals surface area contributed by atoms with E-state index in [1.165, 1.54) is 5.56 Å². The molecule has 4 aromatic rings. The fourth-order valence-electron chi connectivity index (χ4n) is 4.75. The molecule has 0 spiro atoms. The number of fused-ring (bicyclic) bond motifs is 1. The molecule has 1 aliphatic heterocycles. The summed E-state index contributed by atoms with van der Waals surface area (Å²) < 4.78 is 22.7. The molecule has 0 aliphatic carbocycles. The normalized spacial score (nSPS) is 16.2. The number of aryl methyl sites for hydroxylation is 1. The number of aromatic amines is 1. The van der Waals surface area contributed by atoms with Crippen LogP contribution in [0.4, 0.5) is 0 Å². The Morgan fingerprint density at radius 3 is 2.35 bits per heavy atom. The van der Waals surface area contributed by atoms with Crippen molar-refractivity contribution in [1.82, 2.24) is 4.98 Å². The zero-order valence-corrected chi connectivity index (χ0v) is 21.2. The highest BCUT2D eigenvalue weighted by Crippen LogP contribution is 2.43. The monoisotopic (exact) mass is 499 g/mol. The van der Waals surface area contributed by atoms with Gasteiger partial charge in [-0.1, -0.05) is 54.1 Å². The maximum Gasteiger partial charge on any atom is 0.324 e. The predicted octanol–water partition coefficient (Wildman–Crippen LogP) is 5.65. The highest BCUT2D eigenvalue weighted by atomic mass is 16.7. The fourth-order valence-corrected chi connectivity index (χ4v) is 4.75. The number of rotatable bonds is 7. The molecule has 1 fully saturated rings. The van der Waals surface area contributed by atoms with Gasteiger partial charge in [-0.3, -0.25) is 9.59 Å². The average Bonchev–Trinajstić information content (AvgIpc) is 3.29. The molecular formula is C30H29NO6. The van der Waals surface area contributed by atoms with Crippen LogP contribution in [0.25, 0.3) is 10.9 Å². The summed E-state index contributed by atoms with van der Waals surface area (Å²) in [6, 6.07) is 21.3. The Hall–Kier alpha value is -4.26. The lowest BCUT2D eigenvalue weighted by atomic mass is 9.80. The van der Waals surface area contributed by atoms with Crippen molar-refractivity contribution in [2.75, 3.05) is 7.11 Å². The predicted molar refractivity (Wildman–Crippen MR) is 138 cm³/mol. The Bertz CT molecular complexity index is 1430. The number of benzene rings is 3. The zero-order chi connectivity index (χ0) is 26.2.